The highest BCUT2D eigenvalue weighted by Gasteiger charge is 2.25. The SMILES string of the molecule is CC(C)c1c(F)cc2c(c1Cl)CCC2.CC(C)c1c(F)cc2c(c1F)CNC2.Cc1c2c(cc(F)c1C(C)C)CNC2.Cc1cc2c(c(C)c1C(C)C)CNC2.Cc1cc2c(c(Cl)c1C(C)C)CNC2. The van der Waals surface area contributed by atoms with E-state index in [0.29, 0.717) is 41.1 Å². The van der Waals surface area contributed by atoms with Gasteiger partial charge in [-0.1, -0.05) is 105 Å². The number of benzene rings is 5. The van der Waals surface area contributed by atoms with Crippen LogP contribution in [0.1, 0.15) is 211 Å². The highest BCUT2D eigenvalue weighted by molar-refractivity contribution is 6.32. The van der Waals surface area contributed by atoms with Gasteiger partial charge in [-0.25, -0.2) is 17.6 Å². The minimum absolute atomic E-state index is 0.0417. The first kappa shape index (κ1) is 55.6. The lowest BCUT2D eigenvalue weighted by molar-refractivity contribution is 0.533. The first-order valence-corrected chi connectivity index (χ1v) is 26.4. The van der Waals surface area contributed by atoms with Crippen LogP contribution in [0.2, 0.25) is 10.0 Å². The summed E-state index contributed by atoms with van der Waals surface area (Å²) in [6.45, 7) is 36.1. The van der Waals surface area contributed by atoms with Crippen molar-refractivity contribution in [2.45, 2.75) is 198 Å². The Morgan fingerprint density at radius 2 is 0.729 bits per heavy atom. The number of hydrogen-bond donors (Lipinski definition) is 4. The molecule has 4 aliphatic heterocycles. The molecule has 0 saturated heterocycles. The number of halogens is 6. The molecule has 0 aromatic heterocycles. The molecular formula is C60H78Cl2F4N4. The average molecular weight is 1000 g/mol. The Bertz CT molecular complexity index is 2280. The predicted octanol–water partition coefficient (Wildman–Crippen LogP) is 16.0. The van der Waals surface area contributed by atoms with Crippen molar-refractivity contribution < 1.29 is 17.6 Å². The molecule has 0 fully saturated rings. The molecule has 0 atom stereocenters. The summed E-state index contributed by atoms with van der Waals surface area (Å²) >= 11 is 12.6. The maximum absolute atomic E-state index is 13.8. The van der Waals surface area contributed by atoms with Gasteiger partial charge in [-0.15, -0.1) is 0 Å². The zero-order chi connectivity index (χ0) is 51.5. The molecule has 0 bridgehead atoms. The zero-order valence-corrected chi connectivity index (χ0v) is 45.8. The van der Waals surface area contributed by atoms with Crippen LogP contribution in [0.5, 0.6) is 0 Å². The van der Waals surface area contributed by atoms with Crippen LogP contribution in [0.25, 0.3) is 0 Å². The van der Waals surface area contributed by atoms with Crippen molar-refractivity contribution in [3.05, 3.63) is 169 Å². The summed E-state index contributed by atoms with van der Waals surface area (Å²) < 4.78 is 54.7. The van der Waals surface area contributed by atoms with Crippen molar-refractivity contribution in [1.82, 2.24) is 21.3 Å². The monoisotopic (exact) mass is 1000 g/mol. The van der Waals surface area contributed by atoms with Gasteiger partial charge in [0.25, 0.3) is 0 Å². The Morgan fingerprint density at radius 1 is 0.371 bits per heavy atom. The molecule has 0 saturated carbocycles. The van der Waals surface area contributed by atoms with Crippen molar-refractivity contribution in [3.8, 4) is 0 Å². The van der Waals surface area contributed by atoms with E-state index in [1.165, 1.54) is 56.1 Å². The minimum Gasteiger partial charge on any atom is -0.309 e. The molecule has 5 aromatic rings. The number of aryl methyl sites for hydroxylation is 3. The van der Waals surface area contributed by atoms with Crippen LogP contribution >= 0.6 is 23.2 Å². The van der Waals surface area contributed by atoms with Gasteiger partial charge >= 0.3 is 0 Å². The van der Waals surface area contributed by atoms with Crippen LogP contribution in [0.3, 0.4) is 0 Å². The smallest absolute Gasteiger partial charge is 0.134 e. The van der Waals surface area contributed by atoms with Gasteiger partial charge in [-0.3, -0.25) is 0 Å². The molecule has 380 valence electrons. The van der Waals surface area contributed by atoms with Gasteiger partial charge in [0.2, 0.25) is 0 Å². The second-order valence-electron chi connectivity index (χ2n) is 21.5. The van der Waals surface area contributed by atoms with E-state index in [2.05, 4.69) is 81.9 Å². The summed E-state index contributed by atoms with van der Waals surface area (Å²) in [4.78, 5) is 0. The van der Waals surface area contributed by atoms with E-state index in [-0.39, 0.29) is 40.8 Å². The van der Waals surface area contributed by atoms with Gasteiger partial charge in [0.1, 0.15) is 23.3 Å². The fraction of sp³-hybridized carbons (Fsp3) is 0.500. The van der Waals surface area contributed by atoms with Crippen molar-refractivity contribution in [1.29, 1.82) is 0 Å². The van der Waals surface area contributed by atoms with Crippen LogP contribution in [0, 0.1) is 51.0 Å². The third-order valence-corrected chi connectivity index (χ3v) is 15.6. The lowest BCUT2D eigenvalue weighted by Crippen LogP contribution is -2.03. The fourth-order valence-electron chi connectivity index (χ4n) is 11.5. The molecule has 0 spiro atoms. The van der Waals surface area contributed by atoms with Crippen LogP contribution in [-0.4, -0.2) is 0 Å². The summed E-state index contributed by atoms with van der Waals surface area (Å²) in [6.07, 6.45) is 3.09. The van der Waals surface area contributed by atoms with Gasteiger partial charge in [0.15, 0.2) is 0 Å². The van der Waals surface area contributed by atoms with Crippen LogP contribution in [0.4, 0.5) is 17.6 Å². The zero-order valence-electron chi connectivity index (χ0n) is 44.3. The van der Waals surface area contributed by atoms with Gasteiger partial charge in [0.05, 0.1) is 5.02 Å². The van der Waals surface area contributed by atoms with E-state index in [1.54, 1.807) is 37.1 Å². The number of hydrogen-bond acceptors (Lipinski definition) is 4. The van der Waals surface area contributed by atoms with Gasteiger partial charge in [0, 0.05) is 74.1 Å². The molecule has 4 nitrogen and oxygen atoms in total. The van der Waals surface area contributed by atoms with Crippen molar-refractivity contribution >= 4 is 23.2 Å². The third-order valence-electron chi connectivity index (χ3n) is 14.7. The van der Waals surface area contributed by atoms with Gasteiger partial charge < -0.3 is 21.3 Å². The molecule has 1 aliphatic carbocycles. The van der Waals surface area contributed by atoms with Crippen LogP contribution in [0.15, 0.2) is 30.3 Å². The van der Waals surface area contributed by atoms with Crippen LogP contribution < -0.4 is 21.3 Å². The summed E-state index contributed by atoms with van der Waals surface area (Å²) in [5, 5.41) is 14.7. The van der Waals surface area contributed by atoms with Crippen molar-refractivity contribution in [3.63, 3.8) is 0 Å². The Balaban J connectivity index is 0.000000143. The molecule has 0 amide bonds. The highest BCUT2D eigenvalue weighted by atomic mass is 35.5. The standard InChI is InChI=1S/C13H19N.C12H14ClF.C12H16ClN.C12H16FN.C11H13F2N/c1-8(2)13-9(3)5-11-6-14-7-12(11)10(13)4;1-7(2)11-10(14)6-8-4-3-5-9(8)12(11)13;1-7(2)11-8(3)4-9-5-14-6-10(9)12(11)13;1-7(2)12-8(3)10-6-14-5-9(10)4-11(12)13;1-6(2)10-9(12)3-7-4-14-5-8(7)11(10)13/h5,8,14H,6-7H2,1-4H3;6-7H,3-5H2,1-2H3;2*4,7,14H,5-6H2,1-3H3;3,6,14H,4-5H2,1-2H3. The van der Waals surface area contributed by atoms with E-state index in [4.69, 9.17) is 23.2 Å². The molecule has 4 N–H and O–H groups in total. The molecule has 70 heavy (non-hydrogen) atoms. The summed E-state index contributed by atoms with van der Waals surface area (Å²) in [7, 11) is 0. The Morgan fingerprint density at radius 3 is 1.23 bits per heavy atom. The van der Waals surface area contributed by atoms with E-state index in [0.717, 1.165) is 91.4 Å². The lowest BCUT2D eigenvalue weighted by atomic mass is 9.88. The highest BCUT2D eigenvalue weighted by Crippen LogP contribution is 2.38. The average Bonchev–Trinajstić information content (AvgIpc) is 4.12. The third kappa shape index (κ3) is 12.0. The van der Waals surface area contributed by atoms with Gasteiger partial charge in [-0.05, 0) is 184 Å². The minimum atomic E-state index is -0.417. The maximum Gasteiger partial charge on any atom is 0.134 e. The second-order valence-corrected chi connectivity index (χ2v) is 22.2. The van der Waals surface area contributed by atoms with E-state index < -0.39 is 5.82 Å². The Labute approximate surface area is 427 Å². The fourth-order valence-corrected chi connectivity index (χ4v) is 12.6. The first-order valence-electron chi connectivity index (χ1n) is 25.6. The summed E-state index contributed by atoms with van der Waals surface area (Å²) in [6, 6.07) is 9.45. The molecule has 4 heterocycles. The molecule has 10 heteroatoms. The predicted molar refractivity (Wildman–Crippen MR) is 286 cm³/mol. The first-order chi connectivity index (χ1) is 33.0. The Hall–Kier alpha value is -3.76. The van der Waals surface area contributed by atoms with Crippen LogP contribution in [-0.2, 0) is 65.2 Å². The number of rotatable bonds is 5. The lowest BCUT2D eigenvalue weighted by Gasteiger charge is -2.17. The van der Waals surface area contributed by atoms with E-state index in [1.807, 2.05) is 34.6 Å². The van der Waals surface area contributed by atoms with E-state index in [9.17, 15) is 17.6 Å². The number of nitrogens with one attached hydrogen (secondary N) is 4. The van der Waals surface area contributed by atoms with Crippen molar-refractivity contribution in [2.75, 3.05) is 0 Å². The van der Waals surface area contributed by atoms with E-state index >= 15 is 0 Å². The molecular weight excluding hydrogens is 924 g/mol. The molecule has 0 unspecified atom stereocenters. The second kappa shape index (κ2) is 23.9. The topological polar surface area (TPSA) is 48.1 Å². The number of fused-ring (bicyclic) bond motifs is 5. The van der Waals surface area contributed by atoms with Gasteiger partial charge in [-0.2, -0.15) is 0 Å². The molecule has 0 radical (unpaired) electrons. The summed E-state index contributed by atoms with van der Waals surface area (Å²) in [5.74, 6) is 0.509. The quantitative estimate of drug-likeness (QED) is 0.133. The largest absolute Gasteiger partial charge is 0.309 e. The normalized spacial score (nSPS) is 14.9. The molecule has 5 aliphatic rings. The maximum atomic E-state index is 13.8. The van der Waals surface area contributed by atoms with Crippen molar-refractivity contribution in [2.24, 2.45) is 0 Å². The molecule has 10 rings (SSSR count). The Kier molecular flexibility index (Phi) is 18.9. The summed E-state index contributed by atoms with van der Waals surface area (Å²) in [5.41, 5.74) is 21.9. The molecule has 5 aromatic carbocycles.